The molecular formula is C23H20N2O5. The fraction of sp³-hybridized carbons (Fsp3) is 0.174. The zero-order valence-corrected chi connectivity index (χ0v) is 16.8. The summed E-state index contributed by atoms with van der Waals surface area (Å²) < 4.78 is 10.7. The fourth-order valence-electron chi connectivity index (χ4n) is 3.15. The number of imide groups is 2. The van der Waals surface area contributed by atoms with Crippen molar-refractivity contribution in [1.82, 2.24) is 5.32 Å². The van der Waals surface area contributed by atoms with Crippen LogP contribution in [0.15, 0.2) is 42.0 Å². The number of ether oxygens (including phenoxy) is 2. The van der Waals surface area contributed by atoms with Gasteiger partial charge in [0.2, 0.25) is 0 Å². The van der Waals surface area contributed by atoms with E-state index in [1.807, 2.05) is 19.9 Å². The van der Waals surface area contributed by atoms with Crippen LogP contribution in [0.2, 0.25) is 0 Å². The van der Waals surface area contributed by atoms with Crippen LogP contribution in [0, 0.1) is 26.2 Å². The van der Waals surface area contributed by atoms with E-state index in [4.69, 9.17) is 15.9 Å². The molecule has 2 aromatic rings. The van der Waals surface area contributed by atoms with Crippen molar-refractivity contribution in [2.24, 2.45) is 0 Å². The van der Waals surface area contributed by atoms with E-state index in [1.165, 1.54) is 13.2 Å². The van der Waals surface area contributed by atoms with Gasteiger partial charge in [0, 0.05) is 0 Å². The first-order chi connectivity index (χ1) is 14.3. The van der Waals surface area contributed by atoms with Gasteiger partial charge in [-0.05, 0) is 60.9 Å². The minimum Gasteiger partial charge on any atom is -0.493 e. The van der Waals surface area contributed by atoms with Gasteiger partial charge in [0.15, 0.2) is 11.5 Å². The Balaban J connectivity index is 1.99. The van der Waals surface area contributed by atoms with E-state index in [2.05, 4.69) is 11.2 Å². The van der Waals surface area contributed by atoms with Gasteiger partial charge in [0.05, 0.1) is 12.8 Å². The first-order valence-corrected chi connectivity index (χ1v) is 9.08. The number of carbonyl (C=O) groups excluding carboxylic acids is 3. The number of hydrogen-bond donors (Lipinski definition) is 1. The van der Waals surface area contributed by atoms with Gasteiger partial charge < -0.3 is 9.47 Å². The third kappa shape index (κ3) is 4.18. The van der Waals surface area contributed by atoms with Gasteiger partial charge in [-0.25, -0.2) is 9.69 Å². The number of rotatable bonds is 5. The highest BCUT2D eigenvalue weighted by atomic mass is 16.5. The highest BCUT2D eigenvalue weighted by molar-refractivity contribution is 6.39. The first-order valence-electron chi connectivity index (χ1n) is 9.08. The topological polar surface area (TPSA) is 84.9 Å². The molecular weight excluding hydrogens is 384 g/mol. The minimum atomic E-state index is -0.789. The highest BCUT2D eigenvalue weighted by Crippen LogP contribution is 2.30. The van der Waals surface area contributed by atoms with E-state index in [0.29, 0.717) is 22.7 Å². The predicted octanol–water partition coefficient (Wildman–Crippen LogP) is 2.99. The fourth-order valence-corrected chi connectivity index (χ4v) is 3.15. The summed E-state index contributed by atoms with van der Waals surface area (Å²) in [6.45, 7) is 3.80. The molecule has 0 saturated carbocycles. The number of barbiturate groups is 1. The lowest BCUT2D eigenvalue weighted by molar-refractivity contribution is -0.122. The lowest BCUT2D eigenvalue weighted by atomic mass is 10.0. The molecule has 30 heavy (non-hydrogen) atoms. The number of nitrogens with one attached hydrogen (secondary N) is 1. The lowest BCUT2D eigenvalue weighted by Gasteiger charge is -2.27. The number of methoxy groups -OCH3 is 1. The number of hydrogen-bond acceptors (Lipinski definition) is 5. The maximum Gasteiger partial charge on any atom is 0.335 e. The number of carbonyl (C=O) groups is 3. The van der Waals surface area contributed by atoms with Crippen LogP contribution >= 0.6 is 0 Å². The molecule has 1 heterocycles. The third-order valence-electron chi connectivity index (χ3n) is 4.38. The molecule has 3 rings (SSSR count). The van der Waals surface area contributed by atoms with E-state index in [9.17, 15) is 14.4 Å². The molecule has 4 amide bonds. The number of nitrogens with zero attached hydrogens (tertiary/aromatic N) is 1. The van der Waals surface area contributed by atoms with Crippen LogP contribution in [0.5, 0.6) is 11.5 Å². The molecule has 0 bridgehead atoms. The Morgan fingerprint density at radius 2 is 1.77 bits per heavy atom. The van der Waals surface area contributed by atoms with E-state index in [1.54, 1.807) is 30.3 Å². The predicted molar refractivity (Wildman–Crippen MR) is 112 cm³/mol. The normalized spacial score (nSPS) is 15.1. The zero-order valence-electron chi connectivity index (χ0n) is 16.8. The molecule has 0 unspecified atom stereocenters. The largest absolute Gasteiger partial charge is 0.493 e. The molecule has 0 atom stereocenters. The van der Waals surface area contributed by atoms with Crippen LogP contribution in [0.4, 0.5) is 10.5 Å². The number of urea groups is 1. The van der Waals surface area contributed by atoms with Gasteiger partial charge in [-0.3, -0.25) is 14.9 Å². The van der Waals surface area contributed by atoms with Gasteiger partial charge in [0.1, 0.15) is 12.2 Å². The van der Waals surface area contributed by atoms with E-state index in [0.717, 1.165) is 16.0 Å². The number of aryl methyl sites for hydroxylation is 2. The molecule has 1 aliphatic rings. The van der Waals surface area contributed by atoms with Crippen molar-refractivity contribution in [2.75, 3.05) is 18.6 Å². The van der Waals surface area contributed by atoms with Crippen molar-refractivity contribution < 1.29 is 23.9 Å². The number of amides is 4. The van der Waals surface area contributed by atoms with Crippen molar-refractivity contribution in [1.29, 1.82) is 0 Å². The maximum atomic E-state index is 13.0. The second kappa shape index (κ2) is 8.53. The Hall–Kier alpha value is -4.05. The monoisotopic (exact) mass is 404 g/mol. The zero-order chi connectivity index (χ0) is 21.8. The van der Waals surface area contributed by atoms with Crippen molar-refractivity contribution in [2.45, 2.75) is 13.8 Å². The molecule has 152 valence electrons. The van der Waals surface area contributed by atoms with Gasteiger partial charge in [-0.2, -0.15) is 0 Å². The van der Waals surface area contributed by atoms with E-state index < -0.39 is 17.8 Å². The summed E-state index contributed by atoms with van der Waals surface area (Å²) in [5.41, 5.74) is 2.52. The van der Waals surface area contributed by atoms with Crippen molar-refractivity contribution >= 4 is 29.6 Å². The first kappa shape index (κ1) is 20.7. The standard InChI is InChI=1S/C23H20N2O5/c1-5-8-30-19-7-6-16(13-20(19)29-4)12-18-21(26)24-23(28)25(22(18)27)17-10-14(2)9-15(3)11-17/h1,6-7,9-13H,8H2,2-4H3,(H,24,26,28)/b18-12-. The summed E-state index contributed by atoms with van der Waals surface area (Å²) in [7, 11) is 1.47. The second-order valence-corrected chi connectivity index (χ2v) is 6.71. The van der Waals surface area contributed by atoms with E-state index >= 15 is 0 Å². The van der Waals surface area contributed by atoms with Crippen molar-refractivity contribution in [3.05, 3.63) is 58.7 Å². The molecule has 0 radical (unpaired) electrons. The lowest BCUT2D eigenvalue weighted by Crippen LogP contribution is -2.54. The Morgan fingerprint density at radius 3 is 2.40 bits per heavy atom. The molecule has 7 heteroatoms. The van der Waals surface area contributed by atoms with Crippen LogP contribution in [0.1, 0.15) is 16.7 Å². The molecule has 1 saturated heterocycles. The maximum absolute atomic E-state index is 13.0. The van der Waals surface area contributed by atoms with Crippen molar-refractivity contribution in [3.8, 4) is 23.8 Å². The molecule has 1 fully saturated rings. The second-order valence-electron chi connectivity index (χ2n) is 6.71. The summed E-state index contributed by atoms with van der Waals surface area (Å²) in [4.78, 5) is 38.7. The molecule has 0 spiro atoms. The summed E-state index contributed by atoms with van der Waals surface area (Å²) >= 11 is 0. The summed E-state index contributed by atoms with van der Waals surface area (Å²) in [5, 5.41) is 2.22. The molecule has 7 nitrogen and oxygen atoms in total. The van der Waals surface area contributed by atoms with Gasteiger partial charge in [0.25, 0.3) is 11.8 Å². The average Bonchev–Trinajstić information content (AvgIpc) is 2.69. The average molecular weight is 404 g/mol. The molecule has 1 N–H and O–H groups in total. The summed E-state index contributed by atoms with van der Waals surface area (Å²) in [6.07, 6.45) is 6.60. The molecule has 1 aliphatic heterocycles. The van der Waals surface area contributed by atoms with Crippen molar-refractivity contribution in [3.63, 3.8) is 0 Å². The Morgan fingerprint density at radius 1 is 1.07 bits per heavy atom. The molecule has 0 aromatic heterocycles. The van der Waals surface area contributed by atoms with Gasteiger partial charge in [-0.1, -0.05) is 18.1 Å². The molecule has 0 aliphatic carbocycles. The molecule has 2 aromatic carbocycles. The highest BCUT2D eigenvalue weighted by Gasteiger charge is 2.37. The van der Waals surface area contributed by atoms with E-state index in [-0.39, 0.29) is 12.2 Å². The third-order valence-corrected chi connectivity index (χ3v) is 4.38. The number of terminal acetylenes is 1. The quantitative estimate of drug-likeness (QED) is 0.471. The minimum absolute atomic E-state index is 0.0741. The van der Waals surface area contributed by atoms with Crippen LogP contribution < -0.4 is 19.7 Å². The number of benzene rings is 2. The van der Waals surface area contributed by atoms with Gasteiger partial charge in [-0.15, -0.1) is 6.42 Å². The Bertz CT molecular complexity index is 1090. The summed E-state index contributed by atoms with van der Waals surface area (Å²) in [5.74, 6) is 1.72. The van der Waals surface area contributed by atoms with Gasteiger partial charge >= 0.3 is 6.03 Å². The van der Waals surface area contributed by atoms with Crippen LogP contribution in [-0.2, 0) is 9.59 Å². The smallest absolute Gasteiger partial charge is 0.335 e. The SMILES string of the molecule is C#CCOc1ccc(/C=C2/C(=O)NC(=O)N(c3cc(C)cc(C)c3)C2=O)cc1OC. The summed E-state index contributed by atoms with van der Waals surface area (Å²) in [6, 6.07) is 9.44. The van der Waals surface area contributed by atoms with Crippen LogP contribution in [-0.4, -0.2) is 31.6 Å². The Labute approximate surface area is 174 Å². The van der Waals surface area contributed by atoms with Crippen LogP contribution in [0.3, 0.4) is 0 Å². The number of anilines is 1. The van der Waals surface area contributed by atoms with Crippen LogP contribution in [0.25, 0.3) is 6.08 Å². The Kier molecular flexibility index (Phi) is 5.88.